The van der Waals surface area contributed by atoms with Crippen LogP contribution in [0.4, 0.5) is 13.2 Å². The first-order chi connectivity index (χ1) is 11.8. The van der Waals surface area contributed by atoms with E-state index in [0.29, 0.717) is 35.9 Å². The van der Waals surface area contributed by atoms with E-state index in [4.69, 9.17) is 0 Å². The van der Waals surface area contributed by atoms with Gasteiger partial charge in [-0.15, -0.1) is 0 Å². The molecule has 1 saturated carbocycles. The van der Waals surface area contributed by atoms with Crippen LogP contribution in [-0.4, -0.2) is 28.1 Å². The largest absolute Gasteiger partial charge is 0.393 e. The number of nitrogens with one attached hydrogen (secondary N) is 1. The molecule has 1 amide bonds. The topological polar surface area (TPSA) is 54.9 Å². The number of benzene rings is 1. The minimum atomic E-state index is -4.29. The second-order valence-electron chi connectivity index (χ2n) is 6.61. The lowest BCUT2D eigenvalue weighted by molar-refractivity contribution is -0.187. The highest BCUT2D eigenvalue weighted by Gasteiger charge is 2.46. The molecule has 2 aromatic rings. The highest BCUT2D eigenvalue weighted by Crippen LogP contribution is 2.37. The Morgan fingerprint density at radius 2 is 1.72 bits per heavy atom. The standard InChI is InChI=1S/C18H20F3N3O/c1-10-11(2)23-16-9-12(7-8-15(16)22-10)17(25)24-14-6-4-3-5-13(14)18(19,20)21/h7-9,13-14H,3-6H2,1-2H3,(H,24,25)/t13-,14-/m1/s1. The van der Waals surface area contributed by atoms with Crippen LogP contribution in [0.5, 0.6) is 0 Å². The van der Waals surface area contributed by atoms with E-state index in [1.807, 2.05) is 13.8 Å². The predicted octanol–water partition coefficient (Wildman–Crippen LogP) is 4.10. The molecule has 0 unspecified atom stereocenters. The van der Waals surface area contributed by atoms with Gasteiger partial charge < -0.3 is 5.32 Å². The first-order valence-corrected chi connectivity index (χ1v) is 8.38. The fourth-order valence-corrected chi connectivity index (χ4v) is 3.32. The molecule has 1 fully saturated rings. The first-order valence-electron chi connectivity index (χ1n) is 8.38. The molecule has 1 heterocycles. The monoisotopic (exact) mass is 351 g/mol. The molecule has 0 aliphatic heterocycles. The number of carbonyl (C=O) groups excluding carboxylic acids is 1. The van der Waals surface area contributed by atoms with Crippen molar-refractivity contribution in [1.29, 1.82) is 0 Å². The number of amides is 1. The van der Waals surface area contributed by atoms with Crippen molar-refractivity contribution in [3.8, 4) is 0 Å². The van der Waals surface area contributed by atoms with Gasteiger partial charge in [0.15, 0.2) is 0 Å². The van der Waals surface area contributed by atoms with Gasteiger partial charge in [0.2, 0.25) is 0 Å². The van der Waals surface area contributed by atoms with Gasteiger partial charge >= 0.3 is 6.18 Å². The molecule has 4 nitrogen and oxygen atoms in total. The Morgan fingerprint density at radius 1 is 1.08 bits per heavy atom. The maximum absolute atomic E-state index is 13.2. The molecular formula is C18H20F3N3O. The summed E-state index contributed by atoms with van der Waals surface area (Å²) >= 11 is 0. The molecular weight excluding hydrogens is 331 g/mol. The molecule has 134 valence electrons. The molecule has 7 heteroatoms. The van der Waals surface area contributed by atoms with E-state index < -0.39 is 24.0 Å². The summed E-state index contributed by atoms with van der Waals surface area (Å²) in [7, 11) is 0. The fourth-order valence-electron chi connectivity index (χ4n) is 3.32. The van der Waals surface area contributed by atoms with Gasteiger partial charge in [-0.05, 0) is 44.9 Å². The number of hydrogen-bond donors (Lipinski definition) is 1. The Kier molecular flexibility index (Phi) is 4.67. The zero-order valence-electron chi connectivity index (χ0n) is 14.2. The maximum Gasteiger partial charge on any atom is 0.393 e. The zero-order valence-corrected chi connectivity index (χ0v) is 14.2. The summed E-state index contributed by atoms with van der Waals surface area (Å²) in [5, 5.41) is 2.58. The van der Waals surface area contributed by atoms with Gasteiger partial charge in [-0.3, -0.25) is 4.79 Å². The number of nitrogens with zero attached hydrogens (tertiary/aromatic N) is 2. The van der Waals surface area contributed by atoms with Crippen molar-refractivity contribution in [1.82, 2.24) is 15.3 Å². The normalized spacial score (nSPS) is 21.3. The van der Waals surface area contributed by atoms with Crippen molar-refractivity contribution in [3.63, 3.8) is 0 Å². The van der Waals surface area contributed by atoms with Crippen LogP contribution in [0.25, 0.3) is 11.0 Å². The summed E-state index contributed by atoms with van der Waals surface area (Å²) in [6.45, 7) is 3.67. The van der Waals surface area contributed by atoms with Crippen molar-refractivity contribution in [3.05, 3.63) is 35.2 Å². The molecule has 1 aliphatic carbocycles. The van der Waals surface area contributed by atoms with Gasteiger partial charge in [-0.2, -0.15) is 13.2 Å². The molecule has 1 aromatic carbocycles. The van der Waals surface area contributed by atoms with Crippen molar-refractivity contribution in [2.24, 2.45) is 5.92 Å². The zero-order chi connectivity index (χ0) is 18.2. The molecule has 1 N–H and O–H groups in total. The van der Waals surface area contributed by atoms with Crippen molar-refractivity contribution >= 4 is 16.9 Å². The molecule has 0 bridgehead atoms. The van der Waals surface area contributed by atoms with E-state index in [2.05, 4.69) is 15.3 Å². The quantitative estimate of drug-likeness (QED) is 0.886. The predicted molar refractivity (Wildman–Crippen MR) is 88.3 cm³/mol. The number of rotatable bonds is 2. The van der Waals surface area contributed by atoms with Crippen LogP contribution < -0.4 is 5.32 Å². The van der Waals surface area contributed by atoms with E-state index in [1.165, 1.54) is 0 Å². The summed E-state index contributed by atoms with van der Waals surface area (Å²) in [5.74, 6) is -1.97. The van der Waals surface area contributed by atoms with Gasteiger partial charge in [0.1, 0.15) is 0 Å². The van der Waals surface area contributed by atoms with Crippen LogP contribution >= 0.6 is 0 Å². The molecule has 1 aliphatic rings. The van der Waals surface area contributed by atoms with Gasteiger partial charge in [-0.1, -0.05) is 12.8 Å². The molecule has 0 saturated heterocycles. The number of aryl methyl sites for hydroxylation is 2. The Balaban J connectivity index is 1.83. The Labute approximate surface area is 143 Å². The van der Waals surface area contributed by atoms with Gasteiger partial charge in [0, 0.05) is 11.6 Å². The lowest BCUT2D eigenvalue weighted by Gasteiger charge is -2.33. The molecule has 3 rings (SSSR count). The van der Waals surface area contributed by atoms with Crippen LogP contribution in [0.15, 0.2) is 18.2 Å². The average molecular weight is 351 g/mol. The molecule has 0 radical (unpaired) electrons. The molecule has 0 spiro atoms. The second kappa shape index (κ2) is 6.61. The Bertz CT molecular complexity index is 804. The minimum absolute atomic E-state index is 0.0656. The molecule has 2 atom stereocenters. The molecule has 25 heavy (non-hydrogen) atoms. The highest BCUT2D eigenvalue weighted by molar-refractivity contribution is 5.97. The number of halogens is 3. The van der Waals surface area contributed by atoms with Gasteiger partial charge in [0.05, 0.1) is 28.3 Å². The number of alkyl halides is 3. The third-order valence-corrected chi connectivity index (χ3v) is 4.84. The first kappa shape index (κ1) is 17.6. The Morgan fingerprint density at radius 3 is 2.40 bits per heavy atom. The van der Waals surface area contributed by atoms with Crippen molar-refractivity contribution in [2.75, 3.05) is 0 Å². The van der Waals surface area contributed by atoms with Crippen LogP contribution in [0.2, 0.25) is 0 Å². The number of hydrogen-bond acceptors (Lipinski definition) is 3. The SMILES string of the molecule is Cc1nc2ccc(C(=O)N[C@@H]3CCCC[C@H]3C(F)(F)F)cc2nc1C. The number of carbonyl (C=O) groups is 1. The van der Waals surface area contributed by atoms with Crippen molar-refractivity contribution < 1.29 is 18.0 Å². The summed E-state index contributed by atoms with van der Waals surface area (Å²) in [4.78, 5) is 21.2. The second-order valence-corrected chi connectivity index (χ2v) is 6.61. The summed E-state index contributed by atoms with van der Waals surface area (Å²) in [5.41, 5.74) is 3.09. The smallest absolute Gasteiger partial charge is 0.349 e. The van der Waals surface area contributed by atoms with E-state index in [-0.39, 0.29) is 6.42 Å². The van der Waals surface area contributed by atoms with Crippen molar-refractivity contribution in [2.45, 2.75) is 51.7 Å². The third kappa shape index (κ3) is 3.75. The third-order valence-electron chi connectivity index (χ3n) is 4.84. The number of fused-ring (bicyclic) bond motifs is 1. The van der Waals surface area contributed by atoms with E-state index in [1.54, 1.807) is 18.2 Å². The van der Waals surface area contributed by atoms with Crippen LogP contribution in [0.1, 0.15) is 47.4 Å². The maximum atomic E-state index is 13.2. The number of aromatic nitrogens is 2. The highest BCUT2D eigenvalue weighted by atomic mass is 19.4. The van der Waals surface area contributed by atoms with Crippen LogP contribution in [-0.2, 0) is 0 Å². The fraction of sp³-hybridized carbons (Fsp3) is 0.500. The summed E-state index contributed by atoms with van der Waals surface area (Å²) in [6, 6.07) is 3.95. The van der Waals surface area contributed by atoms with Crippen LogP contribution in [0, 0.1) is 19.8 Å². The van der Waals surface area contributed by atoms with Crippen LogP contribution in [0.3, 0.4) is 0 Å². The lowest BCUT2D eigenvalue weighted by Crippen LogP contribution is -2.47. The van der Waals surface area contributed by atoms with Gasteiger partial charge in [0.25, 0.3) is 5.91 Å². The minimum Gasteiger partial charge on any atom is -0.349 e. The average Bonchev–Trinajstić information content (AvgIpc) is 2.55. The Hall–Kier alpha value is -2.18. The summed E-state index contributed by atoms with van der Waals surface area (Å²) in [6.07, 6.45) is -2.64. The van der Waals surface area contributed by atoms with E-state index in [0.717, 1.165) is 11.4 Å². The van der Waals surface area contributed by atoms with E-state index >= 15 is 0 Å². The van der Waals surface area contributed by atoms with Gasteiger partial charge in [-0.25, -0.2) is 9.97 Å². The lowest BCUT2D eigenvalue weighted by atomic mass is 9.84. The summed E-state index contributed by atoms with van der Waals surface area (Å²) < 4.78 is 39.5. The molecule has 1 aromatic heterocycles. The van der Waals surface area contributed by atoms with E-state index in [9.17, 15) is 18.0 Å².